The third-order valence-corrected chi connectivity index (χ3v) is 3.75. The van der Waals surface area contributed by atoms with Crippen molar-refractivity contribution < 1.29 is 0 Å². The van der Waals surface area contributed by atoms with Crippen LogP contribution in [0.3, 0.4) is 0 Å². The van der Waals surface area contributed by atoms with E-state index in [0.717, 1.165) is 15.6 Å². The lowest BCUT2D eigenvalue weighted by atomic mass is 10.2. The van der Waals surface area contributed by atoms with E-state index in [0.29, 0.717) is 10.6 Å². The summed E-state index contributed by atoms with van der Waals surface area (Å²) in [5.74, 6) is -0.0222. The van der Waals surface area contributed by atoms with Gasteiger partial charge >= 0.3 is 0 Å². The molecule has 1 heterocycles. The van der Waals surface area contributed by atoms with Crippen LogP contribution in [0.25, 0.3) is 0 Å². The van der Waals surface area contributed by atoms with Gasteiger partial charge in [-0.25, -0.2) is 4.98 Å². The zero-order valence-corrected chi connectivity index (χ0v) is 12.3. The highest BCUT2D eigenvalue weighted by molar-refractivity contribution is 7.99. The number of hydrogen-bond acceptors (Lipinski definition) is 3. The Bertz CT molecular complexity index is 620. The molecule has 2 aromatic rings. The number of aromatic nitrogens is 1. The predicted molar refractivity (Wildman–Crippen MR) is 80.3 cm³/mol. The summed E-state index contributed by atoms with van der Waals surface area (Å²) in [6.07, 6.45) is 0. The number of hydrogen-bond donors (Lipinski definition) is 2. The molecule has 0 spiro atoms. The van der Waals surface area contributed by atoms with Gasteiger partial charge in [0.2, 0.25) is 0 Å². The van der Waals surface area contributed by atoms with Crippen LogP contribution in [-0.4, -0.2) is 10.8 Å². The van der Waals surface area contributed by atoms with Crippen LogP contribution in [0.4, 0.5) is 0 Å². The molecule has 0 saturated carbocycles. The molecule has 1 aromatic carbocycles. The number of nitrogens with one attached hydrogen (secondary N) is 1. The summed E-state index contributed by atoms with van der Waals surface area (Å²) in [4.78, 5) is 5.45. The number of benzene rings is 1. The van der Waals surface area contributed by atoms with E-state index in [1.807, 2.05) is 38.1 Å². The van der Waals surface area contributed by atoms with Gasteiger partial charge in [0.25, 0.3) is 0 Å². The first-order valence-corrected chi connectivity index (χ1v) is 6.92. The maximum atomic E-state index is 7.40. The van der Waals surface area contributed by atoms with Crippen molar-refractivity contribution in [3.05, 3.63) is 52.2 Å². The van der Waals surface area contributed by atoms with Gasteiger partial charge in [-0.05, 0) is 49.7 Å². The molecule has 0 atom stereocenters. The smallest absolute Gasteiger partial charge is 0.124 e. The van der Waals surface area contributed by atoms with Gasteiger partial charge in [0.1, 0.15) is 10.9 Å². The molecule has 0 amide bonds. The van der Waals surface area contributed by atoms with Gasteiger partial charge in [-0.2, -0.15) is 0 Å². The molecule has 2 rings (SSSR count). The van der Waals surface area contributed by atoms with Crippen molar-refractivity contribution in [1.82, 2.24) is 4.98 Å². The Kier molecular flexibility index (Phi) is 4.12. The van der Waals surface area contributed by atoms with Gasteiger partial charge in [-0.1, -0.05) is 23.4 Å². The Morgan fingerprint density at radius 3 is 2.58 bits per heavy atom. The Morgan fingerprint density at radius 2 is 2.00 bits per heavy atom. The first-order chi connectivity index (χ1) is 8.95. The molecule has 5 heteroatoms. The van der Waals surface area contributed by atoms with Crippen molar-refractivity contribution in [3.8, 4) is 0 Å². The average molecular weight is 292 g/mol. The van der Waals surface area contributed by atoms with E-state index in [-0.39, 0.29) is 5.84 Å². The Balaban J connectivity index is 2.28. The van der Waals surface area contributed by atoms with Crippen molar-refractivity contribution in [2.24, 2.45) is 5.73 Å². The SMILES string of the molecule is Cc1cc(C)nc(Sc2ccc(C(=N)N)c(Cl)c2)c1. The lowest BCUT2D eigenvalue weighted by Gasteiger charge is -2.06. The first kappa shape index (κ1) is 13.9. The molecule has 0 aliphatic carbocycles. The zero-order valence-electron chi connectivity index (χ0n) is 10.7. The monoisotopic (exact) mass is 291 g/mol. The van der Waals surface area contributed by atoms with Crippen molar-refractivity contribution in [2.45, 2.75) is 23.8 Å². The van der Waals surface area contributed by atoms with Crippen molar-refractivity contribution in [3.63, 3.8) is 0 Å². The van der Waals surface area contributed by atoms with Crippen LogP contribution in [-0.2, 0) is 0 Å². The maximum Gasteiger partial charge on any atom is 0.124 e. The normalized spacial score (nSPS) is 10.5. The third-order valence-electron chi connectivity index (χ3n) is 2.53. The number of pyridine rings is 1. The van der Waals surface area contributed by atoms with Crippen LogP contribution in [0.1, 0.15) is 16.8 Å². The second-order valence-corrected chi connectivity index (χ2v) is 5.78. The number of halogens is 1. The first-order valence-electron chi connectivity index (χ1n) is 5.73. The van der Waals surface area contributed by atoms with Gasteiger partial charge < -0.3 is 5.73 Å². The summed E-state index contributed by atoms with van der Waals surface area (Å²) in [6, 6.07) is 9.53. The number of nitrogen functional groups attached to an aromatic ring is 1. The highest BCUT2D eigenvalue weighted by Crippen LogP contribution is 2.30. The molecule has 3 N–H and O–H groups in total. The van der Waals surface area contributed by atoms with Crippen LogP contribution in [0.5, 0.6) is 0 Å². The molecule has 98 valence electrons. The number of nitrogens with two attached hydrogens (primary N) is 1. The number of aryl methyl sites for hydroxylation is 2. The molecule has 0 fully saturated rings. The van der Waals surface area contributed by atoms with Crippen molar-refractivity contribution in [1.29, 1.82) is 5.41 Å². The molecule has 0 unspecified atom stereocenters. The van der Waals surface area contributed by atoms with Gasteiger partial charge in [-0.15, -0.1) is 0 Å². The molecule has 0 aliphatic rings. The molecule has 0 aliphatic heterocycles. The van der Waals surface area contributed by atoms with Crippen molar-refractivity contribution in [2.75, 3.05) is 0 Å². The van der Waals surface area contributed by atoms with Crippen LogP contribution in [0.15, 0.2) is 40.3 Å². The van der Waals surface area contributed by atoms with E-state index in [9.17, 15) is 0 Å². The fraction of sp³-hybridized carbons (Fsp3) is 0.143. The maximum absolute atomic E-state index is 7.40. The molecule has 19 heavy (non-hydrogen) atoms. The number of nitrogens with zero attached hydrogens (tertiary/aromatic N) is 1. The molecule has 3 nitrogen and oxygen atoms in total. The van der Waals surface area contributed by atoms with E-state index in [1.165, 1.54) is 5.56 Å². The minimum atomic E-state index is -0.0222. The number of amidine groups is 1. The van der Waals surface area contributed by atoms with E-state index in [4.69, 9.17) is 22.7 Å². The fourth-order valence-corrected chi connectivity index (χ4v) is 3.09. The summed E-state index contributed by atoms with van der Waals surface area (Å²) in [6.45, 7) is 4.02. The summed E-state index contributed by atoms with van der Waals surface area (Å²) in [5, 5.41) is 8.82. The van der Waals surface area contributed by atoms with Crippen molar-refractivity contribution >= 4 is 29.2 Å². The average Bonchev–Trinajstić information content (AvgIpc) is 2.26. The second kappa shape index (κ2) is 5.63. The zero-order chi connectivity index (χ0) is 14.0. The largest absolute Gasteiger partial charge is 0.384 e. The fourth-order valence-electron chi connectivity index (χ4n) is 1.76. The summed E-state index contributed by atoms with van der Waals surface area (Å²) >= 11 is 7.64. The van der Waals surface area contributed by atoms with Gasteiger partial charge in [-0.3, -0.25) is 5.41 Å². The lowest BCUT2D eigenvalue weighted by molar-refractivity contribution is 1.05. The van der Waals surface area contributed by atoms with Gasteiger partial charge in [0, 0.05) is 16.2 Å². The summed E-state index contributed by atoms with van der Waals surface area (Å²) < 4.78 is 0. The summed E-state index contributed by atoms with van der Waals surface area (Å²) in [5.41, 5.74) is 8.17. The molecule has 0 radical (unpaired) electrons. The molecule has 1 aromatic heterocycles. The Morgan fingerprint density at radius 1 is 1.26 bits per heavy atom. The lowest BCUT2D eigenvalue weighted by Crippen LogP contribution is -2.11. The van der Waals surface area contributed by atoms with E-state index < -0.39 is 0 Å². The minimum Gasteiger partial charge on any atom is -0.384 e. The van der Waals surface area contributed by atoms with E-state index in [1.54, 1.807) is 17.8 Å². The highest BCUT2D eigenvalue weighted by Gasteiger charge is 2.06. The topological polar surface area (TPSA) is 62.8 Å². The molecular weight excluding hydrogens is 278 g/mol. The van der Waals surface area contributed by atoms with Crippen LogP contribution in [0, 0.1) is 19.3 Å². The predicted octanol–water partition coefficient (Wildman–Crippen LogP) is 3.79. The van der Waals surface area contributed by atoms with Crippen LogP contribution >= 0.6 is 23.4 Å². The third kappa shape index (κ3) is 3.49. The molecule has 0 saturated heterocycles. The van der Waals surface area contributed by atoms with Crippen LogP contribution < -0.4 is 5.73 Å². The second-order valence-electron chi connectivity index (χ2n) is 4.28. The van der Waals surface area contributed by atoms with E-state index >= 15 is 0 Å². The summed E-state index contributed by atoms with van der Waals surface area (Å²) in [7, 11) is 0. The Hall–Kier alpha value is -1.52. The standard InChI is InChI=1S/C14H14ClN3S/c1-8-5-9(2)18-13(6-8)19-10-3-4-11(14(16)17)12(15)7-10/h3-7H,1-2H3,(H3,16,17). The quantitative estimate of drug-likeness (QED) is 0.668. The molecular formula is C14H14ClN3S. The highest BCUT2D eigenvalue weighted by atomic mass is 35.5. The number of rotatable bonds is 3. The van der Waals surface area contributed by atoms with Gasteiger partial charge in [0.05, 0.1) is 5.02 Å². The van der Waals surface area contributed by atoms with Gasteiger partial charge in [0.15, 0.2) is 0 Å². The van der Waals surface area contributed by atoms with Crippen LogP contribution in [0.2, 0.25) is 5.02 Å². The van der Waals surface area contributed by atoms with E-state index in [2.05, 4.69) is 4.98 Å². The molecule has 0 bridgehead atoms. The Labute approximate surface area is 121 Å². The minimum absolute atomic E-state index is 0.0222.